The van der Waals surface area contributed by atoms with Gasteiger partial charge in [-0.25, -0.2) is 4.39 Å². The molecule has 0 spiro atoms. The molecule has 2 aromatic rings. The fraction of sp³-hybridized carbons (Fsp3) is 0.467. The van der Waals surface area contributed by atoms with Gasteiger partial charge < -0.3 is 10.3 Å². The third-order valence-electron chi connectivity index (χ3n) is 4.17. The van der Waals surface area contributed by atoms with Crippen LogP contribution in [0, 0.1) is 11.7 Å². The average molecular weight is 275 g/mol. The van der Waals surface area contributed by atoms with Crippen LogP contribution in [0.1, 0.15) is 44.3 Å². The number of nitrogens with zero attached hydrogens (tertiary/aromatic N) is 2. The van der Waals surface area contributed by atoms with Crippen molar-refractivity contribution in [2.24, 2.45) is 5.92 Å². The van der Waals surface area contributed by atoms with Crippen molar-refractivity contribution in [2.75, 3.05) is 5.73 Å². The van der Waals surface area contributed by atoms with Crippen molar-refractivity contribution in [1.29, 1.82) is 0 Å². The highest BCUT2D eigenvalue weighted by Crippen LogP contribution is 2.39. The molecule has 1 aliphatic rings. The zero-order valence-electron chi connectivity index (χ0n) is 11.5. The molecule has 2 N–H and O–H groups in total. The van der Waals surface area contributed by atoms with Gasteiger partial charge in [0.05, 0.1) is 5.69 Å². The molecule has 0 aliphatic heterocycles. The van der Waals surface area contributed by atoms with E-state index in [1.807, 2.05) is 0 Å². The van der Waals surface area contributed by atoms with E-state index in [4.69, 9.17) is 10.3 Å². The van der Waals surface area contributed by atoms with E-state index in [1.165, 1.54) is 25.0 Å². The van der Waals surface area contributed by atoms with E-state index in [0.717, 1.165) is 24.6 Å². The molecule has 106 valence electrons. The molecule has 1 heterocycles. The minimum absolute atomic E-state index is 0.0918. The van der Waals surface area contributed by atoms with Gasteiger partial charge in [0.1, 0.15) is 5.82 Å². The summed E-state index contributed by atoms with van der Waals surface area (Å²) in [7, 11) is 0. The van der Waals surface area contributed by atoms with Crippen LogP contribution < -0.4 is 5.73 Å². The number of rotatable bonds is 3. The summed E-state index contributed by atoms with van der Waals surface area (Å²) in [5.41, 5.74) is 6.31. The summed E-state index contributed by atoms with van der Waals surface area (Å²) in [6, 6.07) is 4.44. The molecule has 20 heavy (non-hydrogen) atoms. The zero-order valence-corrected chi connectivity index (χ0v) is 11.5. The Kier molecular flexibility index (Phi) is 3.42. The molecule has 5 heteroatoms. The van der Waals surface area contributed by atoms with E-state index in [0.29, 0.717) is 17.4 Å². The number of nitrogen functional groups attached to an aromatic ring is 1. The lowest BCUT2D eigenvalue weighted by atomic mass is 10.0. The number of benzene rings is 1. The quantitative estimate of drug-likeness (QED) is 0.866. The van der Waals surface area contributed by atoms with Crippen LogP contribution >= 0.6 is 0 Å². The number of hydrogen-bond acceptors (Lipinski definition) is 4. The largest absolute Gasteiger partial charge is 0.396 e. The van der Waals surface area contributed by atoms with Gasteiger partial charge in [-0.1, -0.05) is 18.5 Å². The SMILES string of the molecule is CCC1CCC(c2noc(-c3ccc(F)c(N)c3)n2)C1. The van der Waals surface area contributed by atoms with Crippen LogP contribution in [0.3, 0.4) is 0 Å². The second-order valence-corrected chi connectivity index (χ2v) is 5.48. The van der Waals surface area contributed by atoms with Gasteiger partial charge >= 0.3 is 0 Å². The first kappa shape index (κ1) is 13.1. The summed E-state index contributed by atoms with van der Waals surface area (Å²) in [6.07, 6.45) is 4.67. The Hall–Kier alpha value is -1.91. The molecule has 1 aromatic carbocycles. The van der Waals surface area contributed by atoms with Crippen LogP contribution in [-0.4, -0.2) is 10.1 Å². The maximum atomic E-state index is 13.2. The van der Waals surface area contributed by atoms with Crippen molar-refractivity contribution in [3.8, 4) is 11.5 Å². The monoisotopic (exact) mass is 275 g/mol. The van der Waals surface area contributed by atoms with Gasteiger partial charge in [0.15, 0.2) is 5.82 Å². The molecule has 1 saturated carbocycles. The molecule has 0 bridgehead atoms. The van der Waals surface area contributed by atoms with E-state index in [2.05, 4.69) is 17.1 Å². The van der Waals surface area contributed by atoms with Gasteiger partial charge in [-0.15, -0.1) is 0 Å². The van der Waals surface area contributed by atoms with Crippen LogP contribution in [0.25, 0.3) is 11.5 Å². The summed E-state index contributed by atoms with van der Waals surface area (Å²) in [6.45, 7) is 2.22. The molecule has 1 aromatic heterocycles. The Morgan fingerprint density at radius 2 is 2.25 bits per heavy atom. The van der Waals surface area contributed by atoms with Gasteiger partial charge in [0, 0.05) is 11.5 Å². The first-order valence-corrected chi connectivity index (χ1v) is 7.06. The third-order valence-corrected chi connectivity index (χ3v) is 4.17. The lowest BCUT2D eigenvalue weighted by Crippen LogP contribution is -1.97. The molecule has 4 nitrogen and oxygen atoms in total. The van der Waals surface area contributed by atoms with Crippen molar-refractivity contribution in [3.05, 3.63) is 29.8 Å². The van der Waals surface area contributed by atoms with E-state index in [1.54, 1.807) is 6.07 Å². The third kappa shape index (κ3) is 2.40. The molecule has 2 atom stereocenters. The van der Waals surface area contributed by atoms with Gasteiger partial charge in [-0.05, 0) is 43.4 Å². The van der Waals surface area contributed by atoms with Crippen molar-refractivity contribution >= 4 is 5.69 Å². The van der Waals surface area contributed by atoms with Crippen LogP contribution in [0.2, 0.25) is 0 Å². The van der Waals surface area contributed by atoms with Crippen LogP contribution in [-0.2, 0) is 0 Å². The highest BCUT2D eigenvalue weighted by Gasteiger charge is 2.28. The second-order valence-electron chi connectivity index (χ2n) is 5.48. The Morgan fingerprint density at radius 3 is 2.95 bits per heavy atom. The van der Waals surface area contributed by atoms with E-state index >= 15 is 0 Å². The predicted octanol–water partition coefficient (Wildman–Crippen LogP) is 3.75. The lowest BCUT2D eigenvalue weighted by molar-refractivity contribution is 0.413. The highest BCUT2D eigenvalue weighted by atomic mass is 19.1. The average Bonchev–Trinajstić information content (AvgIpc) is 3.09. The molecule has 0 amide bonds. The van der Waals surface area contributed by atoms with Gasteiger partial charge in [0.25, 0.3) is 5.89 Å². The summed E-state index contributed by atoms with van der Waals surface area (Å²) >= 11 is 0. The van der Waals surface area contributed by atoms with Crippen LogP contribution in [0.5, 0.6) is 0 Å². The first-order chi connectivity index (χ1) is 9.67. The number of hydrogen-bond donors (Lipinski definition) is 1. The number of halogens is 1. The zero-order chi connectivity index (χ0) is 14.1. The van der Waals surface area contributed by atoms with E-state index in [9.17, 15) is 4.39 Å². The minimum Gasteiger partial charge on any atom is -0.396 e. The first-order valence-electron chi connectivity index (χ1n) is 7.06. The molecule has 3 rings (SSSR count). The number of aromatic nitrogens is 2. The molecular formula is C15H18FN3O. The molecule has 1 fully saturated rings. The number of anilines is 1. The molecular weight excluding hydrogens is 257 g/mol. The Balaban J connectivity index is 1.81. The van der Waals surface area contributed by atoms with Crippen LogP contribution in [0.4, 0.5) is 10.1 Å². The topological polar surface area (TPSA) is 64.9 Å². The highest BCUT2D eigenvalue weighted by molar-refractivity contribution is 5.60. The summed E-state index contributed by atoms with van der Waals surface area (Å²) < 4.78 is 18.4. The Bertz CT molecular complexity index is 611. The predicted molar refractivity (Wildman–Crippen MR) is 74.5 cm³/mol. The maximum absolute atomic E-state index is 13.2. The van der Waals surface area contributed by atoms with Gasteiger partial charge in [-0.3, -0.25) is 0 Å². The summed E-state index contributed by atoms with van der Waals surface area (Å²) in [5, 5.41) is 4.07. The van der Waals surface area contributed by atoms with Crippen LogP contribution in [0.15, 0.2) is 22.7 Å². The molecule has 0 saturated heterocycles. The molecule has 0 radical (unpaired) electrons. The lowest BCUT2D eigenvalue weighted by Gasteiger charge is -2.04. The second kappa shape index (κ2) is 5.23. The van der Waals surface area contributed by atoms with Crippen molar-refractivity contribution < 1.29 is 8.91 Å². The minimum atomic E-state index is -0.435. The normalized spacial score (nSPS) is 22.3. The summed E-state index contributed by atoms with van der Waals surface area (Å²) in [4.78, 5) is 4.45. The fourth-order valence-corrected chi connectivity index (χ4v) is 2.87. The van der Waals surface area contributed by atoms with Gasteiger partial charge in [-0.2, -0.15) is 4.98 Å². The standard InChI is InChI=1S/C15H18FN3O/c1-2-9-3-4-10(7-9)14-18-15(20-19-14)11-5-6-12(16)13(17)8-11/h5-6,8-10H,2-4,7,17H2,1H3. The smallest absolute Gasteiger partial charge is 0.258 e. The van der Waals surface area contributed by atoms with Crippen molar-refractivity contribution in [1.82, 2.24) is 10.1 Å². The van der Waals surface area contributed by atoms with Crippen molar-refractivity contribution in [3.63, 3.8) is 0 Å². The van der Waals surface area contributed by atoms with Gasteiger partial charge in [0.2, 0.25) is 0 Å². The molecule has 1 aliphatic carbocycles. The Morgan fingerprint density at radius 1 is 1.40 bits per heavy atom. The Labute approximate surface area is 117 Å². The number of nitrogens with two attached hydrogens (primary N) is 1. The maximum Gasteiger partial charge on any atom is 0.258 e. The van der Waals surface area contributed by atoms with E-state index < -0.39 is 5.82 Å². The fourth-order valence-electron chi connectivity index (χ4n) is 2.87. The summed E-state index contributed by atoms with van der Waals surface area (Å²) in [5.74, 6) is 1.89. The van der Waals surface area contributed by atoms with Crippen molar-refractivity contribution in [2.45, 2.75) is 38.5 Å². The van der Waals surface area contributed by atoms with E-state index in [-0.39, 0.29) is 5.69 Å². The molecule has 2 unspecified atom stereocenters.